The third kappa shape index (κ3) is 5.16. The minimum Gasteiger partial charge on any atom is -0.477 e. The lowest BCUT2D eigenvalue weighted by Crippen LogP contribution is -2.24. The van der Waals surface area contributed by atoms with Crippen molar-refractivity contribution < 1.29 is 18.9 Å². The van der Waals surface area contributed by atoms with Crippen LogP contribution in [0.4, 0.5) is 5.69 Å². The van der Waals surface area contributed by atoms with Crippen LogP contribution in [0.5, 0.6) is 5.75 Å². The molecule has 3 rings (SSSR count). The number of nitro groups is 1. The van der Waals surface area contributed by atoms with Crippen molar-refractivity contribution in [3.8, 4) is 17.1 Å². The van der Waals surface area contributed by atoms with E-state index in [1.165, 1.54) is 18.3 Å². The summed E-state index contributed by atoms with van der Waals surface area (Å²) in [5.41, 5.74) is 3.38. The average Bonchev–Trinajstić information content (AvgIpc) is 3.17. The van der Waals surface area contributed by atoms with Gasteiger partial charge >= 0.3 is 5.69 Å². The third-order valence-corrected chi connectivity index (χ3v) is 4.71. The standard InChI is InChI=1S/C20H15Cl2N3O5/c1-12-5-7-18(16(9-12)25(27)28)29-11-19(26)24-23-10-13-6-8-17(30-13)14-3-2-4-15(21)20(14)22/h2-10H,11H2,1H3,(H,24,26). The molecule has 0 saturated carbocycles. The van der Waals surface area contributed by atoms with E-state index in [0.29, 0.717) is 32.7 Å². The van der Waals surface area contributed by atoms with E-state index in [4.69, 9.17) is 32.4 Å². The summed E-state index contributed by atoms with van der Waals surface area (Å²) in [5.74, 6) is 0.270. The Morgan fingerprint density at radius 1 is 1.27 bits per heavy atom. The molecule has 0 aliphatic rings. The molecule has 3 aromatic rings. The number of hydrogen-bond acceptors (Lipinski definition) is 6. The summed E-state index contributed by atoms with van der Waals surface area (Å²) in [7, 11) is 0. The van der Waals surface area contributed by atoms with Gasteiger partial charge in [-0.05, 0) is 42.8 Å². The van der Waals surface area contributed by atoms with Crippen LogP contribution in [0.3, 0.4) is 0 Å². The highest BCUT2D eigenvalue weighted by Gasteiger charge is 2.16. The lowest BCUT2D eigenvalue weighted by atomic mass is 10.2. The predicted molar refractivity (Wildman–Crippen MR) is 113 cm³/mol. The monoisotopic (exact) mass is 447 g/mol. The Bertz CT molecular complexity index is 1130. The number of carbonyl (C=O) groups excluding carboxylic acids is 1. The van der Waals surface area contributed by atoms with Crippen LogP contribution in [0.2, 0.25) is 10.0 Å². The van der Waals surface area contributed by atoms with Gasteiger partial charge in [-0.1, -0.05) is 35.3 Å². The summed E-state index contributed by atoms with van der Waals surface area (Å²) in [6.07, 6.45) is 1.30. The van der Waals surface area contributed by atoms with Crippen molar-refractivity contribution in [1.82, 2.24) is 5.43 Å². The maximum absolute atomic E-state index is 11.9. The van der Waals surface area contributed by atoms with Crippen molar-refractivity contribution in [3.63, 3.8) is 0 Å². The van der Waals surface area contributed by atoms with E-state index in [0.717, 1.165) is 0 Å². The first kappa shape index (κ1) is 21.4. The molecule has 0 fully saturated rings. The fourth-order valence-electron chi connectivity index (χ4n) is 2.50. The highest BCUT2D eigenvalue weighted by Crippen LogP contribution is 2.34. The number of hydrogen-bond donors (Lipinski definition) is 1. The zero-order valence-corrected chi connectivity index (χ0v) is 17.1. The van der Waals surface area contributed by atoms with E-state index < -0.39 is 17.4 Å². The molecule has 8 nitrogen and oxygen atoms in total. The number of furan rings is 1. The first-order valence-electron chi connectivity index (χ1n) is 8.59. The molecule has 2 aromatic carbocycles. The van der Waals surface area contributed by atoms with Crippen LogP contribution in [0.25, 0.3) is 11.3 Å². The molecule has 30 heavy (non-hydrogen) atoms. The number of ether oxygens (including phenoxy) is 1. The summed E-state index contributed by atoms with van der Waals surface area (Å²) >= 11 is 12.2. The van der Waals surface area contributed by atoms with E-state index in [-0.39, 0.29) is 11.4 Å². The molecule has 0 unspecified atom stereocenters. The maximum atomic E-state index is 11.9. The lowest BCUT2D eigenvalue weighted by molar-refractivity contribution is -0.385. The Hall–Kier alpha value is -3.36. The van der Waals surface area contributed by atoms with Gasteiger partial charge in [0.1, 0.15) is 11.5 Å². The third-order valence-electron chi connectivity index (χ3n) is 3.89. The van der Waals surface area contributed by atoms with Gasteiger partial charge in [-0.25, -0.2) is 5.43 Å². The first-order chi connectivity index (χ1) is 14.3. The smallest absolute Gasteiger partial charge is 0.311 e. The summed E-state index contributed by atoms with van der Waals surface area (Å²) < 4.78 is 10.8. The SMILES string of the molecule is Cc1ccc(OCC(=O)NN=Cc2ccc(-c3cccc(Cl)c3Cl)o2)c([N+](=O)[O-])c1. The van der Waals surface area contributed by atoms with Crippen LogP contribution in [-0.4, -0.2) is 23.7 Å². The van der Waals surface area contributed by atoms with Crippen LogP contribution in [0.15, 0.2) is 58.0 Å². The highest BCUT2D eigenvalue weighted by atomic mass is 35.5. The number of carbonyl (C=O) groups is 1. The van der Waals surface area contributed by atoms with Crippen molar-refractivity contribution in [3.05, 3.63) is 80.0 Å². The Balaban J connectivity index is 1.58. The van der Waals surface area contributed by atoms with Gasteiger partial charge in [-0.2, -0.15) is 5.10 Å². The van der Waals surface area contributed by atoms with E-state index in [1.807, 2.05) is 0 Å². The van der Waals surface area contributed by atoms with Gasteiger partial charge in [0.2, 0.25) is 0 Å². The van der Waals surface area contributed by atoms with Crippen LogP contribution in [0.1, 0.15) is 11.3 Å². The maximum Gasteiger partial charge on any atom is 0.311 e. The number of hydrazone groups is 1. The van der Waals surface area contributed by atoms with Crippen LogP contribution < -0.4 is 10.2 Å². The number of halogens is 2. The second-order valence-corrected chi connectivity index (χ2v) is 6.90. The molecule has 0 saturated heterocycles. The van der Waals surface area contributed by atoms with E-state index >= 15 is 0 Å². The number of nitrogens with zero attached hydrogens (tertiary/aromatic N) is 2. The summed E-state index contributed by atoms with van der Waals surface area (Å²) in [4.78, 5) is 22.4. The molecule has 1 aromatic heterocycles. The van der Waals surface area contributed by atoms with Crippen LogP contribution >= 0.6 is 23.2 Å². The first-order valence-corrected chi connectivity index (χ1v) is 9.34. The number of benzene rings is 2. The number of nitrogens with one attached hydrogen (secondary N) is 1. The molecular formula is C20H15Cl2N3O5. The molecule has 10 heteroatoms. The zero-order chi connectivity index (χ0) is 21.7. The quantitative estimate of drug-likeness (QED) is 0.311. The average molecular weight is 448 g/mol. The zero-order valence-electron chi connectivity index (χ0n) is 15.6. The Morgan fingerprint density at radius 3 is 2.83 bits per heavy atom. The van der Waals surface area contributed by atoms with Crippen molar-refractivity contribution in [2.45, 2.75) is 6.92 Å². The number of aryl methyl sites for hydroxylation is 1. The summed E-state index contributed by atoms with van der Waals surface area (Å²) in [6.45, 7) is 1.28. The number of amides is 1. The molecule has 0 atom stereocenters. The van der Waals surface area contributed by atoms with Crippen LogP contribution in [-0.2, 0) is 4.79 Å². The molecule has 0 bridgehead atoms. The van der Waals surface area contributed by atoms with Crippen molar-refractivity contribution in [2.24, 2.45) is 5.10 Å². The minimum absolute atomic E-state index is 0.00111. The fourth-order valence-corrected chi connectivity index (χ4v) is 2.89. The molecular weight excluding hydrogens is 433 g/mol. The van der Waals surface area contributed by atoms with Crippen molar-refractivity contribution in [2.75, 3.05) is 6.61 Å². The van der Waals surface area contributed by atoms with Crippen LogP contribution in [0, 0.1) is 17.0 Å². The van der Waals surface area contributed by atoms with E-state index in [9.17, 15) is 14.9 Å². The van der Waals surface area contributed by atoms with Gasteiger partial charge in [-0.15, -0.1) is 0 Å². The summed E-state index contributed by atoms with van der Waals surface area (Å²) in [6, 6.07) is 13.0. The minimum atomic E-state index is -0.592. The Morgan fingerprint density at radius 2 is 2.07 bits per heavy atom. The molecule has 154 valence electrons. The van der Waals surface area contributed by atoms with Crippen molar-refractivity contribution in [1.29, 1.82) is 0 Å². The molecule has 0 spiro atoms. The van der Waals surface area contributed by atoms with Gasteiger partial charge in [-0.3, -0.25) is 14.9 Å². The molecule has 1 N–H and O–H groups in total. The summed E-state index contributed by atoms with van der Waals surface area (Å²) in [5, 5.41) is 15.6. The highest BCUT2D eigenvalue weighted by molar-refractivity contribution is 6.43. The Kier molecular flexibility index (Phi) is 6.71. The predicted octanol–water partition coefficient (Wildman–Crippen LogP) is 5.00. The number of rotatable bonds is 7. The molecule has 0 radical (unpaired) electrons. The van der Waals surface area contributed by atoms with Gasteiger partial charge in [0.05, 0.1) is 21.2 Å². The number of nitro benzene ring substituents is 1. The normalized spacial score (nSPS) is 10.9. The molecule has 1 heterocycles. The largest absolute Gasteiger partial charge is 0.477 e. The van der Waals surface area contributed by atoms with Gasteiger partial charge < -0.3 is 9.15 Å². The molecule has 0 aliphatic carbocycles. The van der Waals surface area contributed by atoms with Gasteiger partial charge in [0, 0.05) is 11.6 Å². The molecule has 0 aliphatic heterocycles. The van der Waals surface area contributed by atoms with Crippen molar-refractivity contribution >= 4 is 41.0 Å². The fraction of sp³-hybridized carbons (Fsp3) is 0.100. The lowest BCUT2D eigenvalue weighted by Gasteiger charge is -2.06. The molecule has 1 amide bonds. The van der Waals surface area contributed by atoms with Gasteiger partial charge in [0.15, 0.2) is 12.4 Å². The Labute approximate surface area is 181 Å². The second-order valence-electron chi connectivity index (χ2n) is 6.11. The second kappa shape index (κ2) is 9.43. The van der Waals surface area contributed by atoms with Gasteiger partial charge in [0.25, 0.3) is 5.91 Å². The van der Waals surface area contributed by atoms with E-state index in [2.05, 4.69) is 10.5 Å². The topological polar surface area (TPSA) is 107 Å². The van der Waals surface area contributed by atoms with E-state index in [1.54, 1.807) is 43.3 Å².